The topological polar surface area (TPSA) is 120 Å². The fourth-order valence-corrected chi connectivity index (χ4v) is 4.56. The Kier molecular flexibility index (Phi) is 13.7. The van der Waals surface area contributed by atoms with Crippen LogP contribution in [0.15, 0.2) is 36.0 Å². The molecule has 7 heteroatoms. The maximum atomic E-state index is 11.6. The van der Waals surface area contributed by atoms with Crippen molar-refractivity contribution in [3.05, 3.63) is 36.0 Å². The third-order valence-corrected chi connectivity index (χ3v) is 7.23. The standard InChI is InChI=1S/C30H52O7/c1-9-24(32)15-17-30(8,35)27(36-23(6)31)14-13-21(4)18-20(3)12-11-16-29(7,34)19-26-28(37-26)22(5)25(33)10-2/h11-14,16,21-22,24-28,32-35H,9-10,15,17-19H2,1-8H3/b14-13+,16-11+,20-12+. The van der Waals surface area contributed by atoms with Crippen LogP contribution in [0.4, 0.5) is 0 Å². The van der Waals surface area contributed by atoms with Crippen molar-refractivity contribution in [2.75, 3.05) is 0 Å². The predicted octanol–water partition coefficient (Wildman–Crippen LogP) is 4.62. The molecule has 0 bridgehead atoms. The lowest BCUT2D eigenvalue weighted by molar-refractivity contribution is -0.156. The molecule has 9 unspecified atom stereocenters. The van der Waals surface area contributed by atoms with Crippen molar-refractivity contribution < 1.29 is 34.7 Å². The number of carbonyl (C=O) groups excluding carboxylic acids is 1. The van der Waals surface area contributed by atoms with Crippen molar-refractivity contribution in [3.63, 3.8) is 0 Å². The zero-order valence-corrected chi connectivity index (χ0v) is 24.2. The van der Waals surface area contributed by atoms with Crippen LogP contribution in [-0.2, 0) is 14.3 Å². The summed E-state index contributed by atoms with van der Waals surface area (Å²) >= 11 is 0. The lowest BCUT2D eigenvalue weighted by Gasteiger charge is -2.31. The summed E-state index contributed by atoms with van der Waals surface area (Å²) in [5.74, 6) is -0.281. The lowest BCUT2D eigenvalue weighted by atomic mass is 9.90. The highest BCUT2D eigenvalue weighted by Gasteiger charge is 2.47. The molecule has 0 amide bonds. The van der Waals surface area contributed by atoms with Crippen molar-refractivity contribution in [3.8, 4) is 0 Å². The fraction of sp³-hybridized carbons (Fsp3) is 0.767. The number of ether oxygens (including phenoxy) is 2. The Balaban J connectivity index is 2.66. The van der Waals surface area contributed by atoms with Crippen LogP contribution >= 0.6 is 0 Å². The molecular formula is C30H52O7. The van der Waals surface area contributed by atoms with E-state index < -0.39 is 29.4 Å². The first kappa shape index (κ1) is 33.5. The van der Waals surface area contributed by atoms with Gasteiger partial charge in [-0.1, -0.05) is 57.6 Å². The van der Waals surface area contributed by atoms with Gasteiger partial charge in [0.15, 0.2) is 0 Å². The van der Waals surface area contributed by atoms with Gasteiger partial charge in [0.25, 0.3) is 0 Å². The van der Waals surface area contributed by atoms with Gasteiger partial charge in [-0.15, -0.1) is 0 Å². The number of esters is 1. The van der Waals surface area contributed by atoms with Gasteiger partial charge in [-0.2, -0.15) is 0 Å². The molecule has 0 spiro atoms. The van der Waals surface area contributed by atoms with Crippen LogP contribution in [0.5, 0.6) is 0 Å². The number of allylic oxidation sites excluding steroid dienone is 4. The highest BCUT2D eigenvalue weighted by Crippen LogP contribution is 2.37. The van der Waals surface area contributed by atoms with Crippen molar-refractivity contribution in [1.29, 1.82) is 0 Å². The Morgan fingerprint density at radius 3 is 2.30 bits per heavy atom. The van der Waals surface area contributed by atoms with E-state index in [-0.39, 0.29) is 30.1 Å². The monoisotopic (exact) mass is 524 g/mol. The second kappa shape index (κ2) is 15.2. The number of carbonyl (C=O) groups is 1. The number of hydrogen-bond acceptors (Lipinski definition) is 7. The summed E-state index contributed by atoms with van der Waals surface area (Å²) in [5.41, 5.74) is -1.17. The molecule has 0 aliphatic carbocycles. The summed E-state index contributed by atoms with van der Waals surface area (Å²) < 4.78 is 11.1. The minimum atomic E-state index is -1.28. The van der Waals surface area contributed by atoms with E-state index in [2.05, 4.69) is 0 Å². The van der Waals surface area contributed by atoms with Crippen LogP contribution in [0, 0.1) is 11.8 Å². The van der Waals surface area contributed by atoms with Gasteiger partial charge in [0.1, 0.15) is 11.7 Å². The smallest absolute Gasteiger partial charge is 0.303 e. The Labute approximate surface area is 224 Å². The molecule has 0 radical (unpaired) electrons. The van der Waals surface area contributed by atoms with Crippen molar-refractivity contribution in [2.24, 2.45) is 11.8 Å². The molecule has 37 heavy (non-hydrogen) atoms. The van der Waals surface area contributed by atoms with Crippen LogP contribution < -0.4 is 0 Å². The minimum absolute atomic E-state index is 0.00645. The Morgan fingerprint density at radius 2 is 1.73 bits per heavy atom. The summed E-state index contributed by atoms with van der Waals surface area (Å²) in [7, 11) is 0. The zero-order chi connectivity index (χ0) is 28.4. The number of hydrogen-bond donors (Lipinski definition) is 4. The number of aliphatic hydroxyl groups is 4. The summed E-state index contributed by atoms with van der Waals surface area (Å²) in [6, 6.07) is 0. The first-order chi connectivity index (χ1) is 17.1. The Hall–Kier alpha value is -1.51. The van der Waals surface area contributed by atoms with Crippen LogP contribution in [0.25, 0.3) is 0 Å². The van der Waals surface area contributed by atoms with Crippen molar-refractivity contribution in [2.45, 2.75) is 136 Å². The minimum Gasteiger partial charge on any atom is -0.455 e. The van der Waals surface area contributed by atoms with Gasteiger partial charge in [0.05, 0.1) is 30.0 Å². The second-order valence-corrected chi connectivity index (χ2v) is 11.5. The largest absolute Gasteiger partial charge is 0.455 e. The highest BCUT2D eigenvalue weighted by atomic mass is 16.6. The van der Waals surface area contributed by atoms with Gasteiger partial charge in [0.2, 0.25) is 0 Å². The summed E-state index contributed by atoms with van der Waals surface area (Å²) in [6.07, 6.45) is 10.8. The Morgan fingerprint density at radius 1 is 1.08 bits per heavy atom. The fourth-order valence-electron chi connectivity index (χ4n) is 4.56. The third-order valence-electron chi connectivity index (χ3n) is 7.23. The molecule has 1 rings (SSSR count). The van der Waals surface area contributed by atoms with Gasteiger partial charge in [-0.25, -0.2) is 0 Å². The second-order valence-electron chi connectivity index (χ2n) is 11.5. The SMILES string of the molecule is CCC(O)CCC(C)(O)C(/C=C/C(C)C/C(C)=C/C=C/C(C)(O)CC1OC1C(C)C(O)CC)OC(C)=O. The van der Waals surface area contributed by atoms with E-state index in [0.717, 1.165) is 12.0 Å². The van der Waals surface area contributed by atoms with Gasteiger partial charge in [-0.3, -0.25) is 4.79 Å². The summed E-state index contributed by atoms with van der Waals surface area (Å²) in [4.78, 5) is 11.6. The molecule has 0 aromatic carbocycles. The molecule has 9 atom stereocenters. The molecule has 0 aromatic rings. The summed E-state index contributed by atoms with van der Waals surface area (Å²) in [5, 5.41) is 41.5. The summed E-state index contributed by atoms with van der Waals surface area (Å²) in [6.45, 7) is 14.6. The number of epoxide rings is 1. The van der Waals surface area contributed by atoms with E-state index in [9.17, 15) is 25.2 Å². The number of aliphatic hydroxyl groups excluding tert-OH is 2. The first-order valence-corrected chi connectivity index (χ1v) is 13.8. The van der Waals surface area contributed by atoms with E-state index in [1.807, 2.05) is 52.8 Å². The van der Waals surface area contributed by atoms with E-state index in [0.29, 0.717) is 32.1 Å². The quantitative estimate of drug-likeness (QED) is 0.0948. The molecule has 1 saturated heterocycles. The molecule has 1 heterocycles. The van der Waals surface area contributed by atoms with E-state index >= 15 is 0 Å². The molecule has 1 aliphatic rings. The highest BCUT2D eigenvalue weighted by molar-refractivity contribution is 5.66. The van der Waals surface area contributed by atoms with Crippen LogP contribution in [-0.4, -0.2) is 68.1 Å². The average Bonchev–Trinajstić information content (AvgIpc) is 3.56. The normalized spacial score (nSPS) is 25.8. The van der Waals surface area contributed by atoms with Crippen LogP contribution in [0.2, 0.25) is 0 Å². The maximum absolute atomic E-state index is 11.6. The lowest BCUT2D eigenvalue weighted by Crippen LogP contribution is -2.41. The van der Waals surface area contributed by atoms with Crippen LogP contribution in [0.1, 0.15) is 93.9 Å². The third kappa shape index (κ3) is 12.7. The first-order valence-electron chi connectivity index (χ1n) is 13.8. The Bertz CT molecular complexity index is 783. The molecular weight excluding hydrogens is 472 g/mol. The molecule has 0 aromatic heterocycles. The molecule has 214 valence electrons. The molecule has 7 nitrogen and oxygen atoms in total. The van der Waals surface area contributed by atoms with Crippen molar-refractivity contribution >= 4 is 5.97 Å². The van der Waals surface area contributed by atoms with Crippen LogP contribution in [0.3, 0.4) is 0 Å². The molecule has 4 N–H and O–H groups in total. The predicted molar refractivity (Wildman–Crippen MR) is 147 cm³/mol. The molecule has 1 aliphatic heterocycles. The van der Waals surface area contributed by atoms with Gasteiger partial charge < -0.3 is 29.9 Å². The molecule has 1 fully saturated rings. The van der Waals surface area contributed by atoms with E-state index in [4.69, 9.17) is 9.47 Å². The average molecular weight is 525 g/mol. The molecule has 0 saturated carbocycles. The van der Waals surface area contributed by atoms with E-state index in [1.165, 1.54) is 6.92 Å². The van der Waals surface area contributed by atoms with Gasteiger partial charge in [-0.05, 0) is 64.9 Å². The van der Waals surface area contributed by atoms with Crippen molar-refractivity contribution in [1.82, 2.24) is 0 Å². The number of rotatable bonds is 17. The van der Waals surface area contributed by atoms with Gasteiger partial charge in [0, 0.05) is 19.3 Å². The van der Waals surface area contributed by atoms with Gasteiger partial charge >= 0.3 is 5.97 Å². The van der Waals surface area contributed by atoms with E-state index in [1.54, 1.807) is 26.0 Å². The maximum Gasteiger partial charge on any atom is 0.303 e. The zero-order valence-electron chi connectivity index (χ0n) is 24.2.